The molecule has 0 saturated carbocycles. The van der Waals surface area contributed by atoms with E-state index in [2.05, 4.69) is 27.8 Å². The molecule has 0 radical (unpaired) electrons. The van der Waals surface area contributed by atoms with E-state index in [0.29, 0.717) is 11.6 Å². The summed E-state index contributed by atoms with van der Waals surface area (Å²) in [6.07, 6.45) is 1.17. The number of hydrogen-bond donors (Lipinski definition) is 1. The SMILES string of the molecule is CC1(CN)CCN(CCOc2ccc(Cl)cc2Br)C1. The standard InChI is InChI=1S/C14H20BrClN2O/c1-14(9-17)4-5-18(10-14)6-7-19-13-3-2-11(16)8-12(13)15/h2-3,8H,4-7,9-10,17H2,1H3. The van der Waals surface area contributed by atoms with Crippen molar-refractivity contribution in [2.24, 2.45) is 11.1 Å². The molecule has 0 bridgehead atoms. The second-order valence-electron chi connectivity index (χ2n) is 5.46. The van der Waals surface area contributed by atoms with Crippen LogP contribution in [-0.2, 0) is 0 Å². The smallest absolute Gasteiger partial charge is 0.133 e. The minimum atomic E-state index is 0.279. The summed E-state index contributed by atoms with van der Waals surface area (Å²) in [4.78, 5) is 2.41. The second-order valence-corrected chi connectivity index (χ2v) is 6.75. The molecule has 0 aliphatic carbocycles. The highest BCUT2D eigenvalue weighted by atomic mass is 79.9. The van der Waals surface area contributed by atoms with Crippen molar-refractivity contribution in [3.63, 3.8) is 0 Å². The molecule has 19 heavy (non-hydrogen) atoms. The summed E-state index contributed by atoms with van der Waals surface area (Å²) >= 11 is 9.35. The molecule has 2 rings (SSSR count). The summed E-state index contributed by atoms with van der Waals surface area (Å²) in [7, 11) is 0. The summed E-state index contributed by atoms with van der Waals surface area (Å²) in [5, 5.41) is 0.706. The van der Waals surface area contributed by atoms with E-state index in [4.69, 9.17) is 22.1 Å². The van der Waals surface area contributed by atoms with E-state index in [9.17, 15) is 0 Å². The van der Waals surface area contributed by atoms with Crippen molar-refractivity contribution >= 4 is 27.5 Å². The van der Waals surface area contributed by atoms with Crippen LogP contribution in [0.2, 0.25) is 5.02 Å². The van der Waals surface area contributed by atoms with Gasteiger partial charge >= 0.3 is 0 Å². The van der Waals surface area contributed by atoms with E-state index in [1.807, 2.05) is 18.2 Å². The minimum absolute atomic E-state index is 0.279. The van der Waals surface area contributed by atoms with E-state index in [-0.39, 0.29) is 5.41 Å². The third-order valence-corrected chi connectivity index (χ3v) is 4.54. The van der Waals surface area contributed by atoms with E-state index in [1.165, 1.54) is 6.42 Å². The van der Waals surface area contributed by atoms with Gasteiger partial charge in [0.05, 0.1) is 4.47 Å². The molecule has 5 heteroatoms. The quantitative estimate of drug-likeness (QED) is 0.889. The number of nitrogens with zero attached hydrogens (tertiary/aromatic N) is 1. The Kier molecular flexibility index (Phi) is 5.12. The summed E-state index contributed by atoms with van der Waals surface area (Å²) < 4.78 is 6.67. The predicted molar refractivity (Wildman–Crippen MR) is 82.9 cm³/mol. The third-order valence-electron chi connectivity index (χ3n) is 3.69. The first-order valence-corrected chi connectivity index (χ1v) is 7.70. The number of halogens is 2. The normalized spacial score (nSPS) is 23.8. The zero-order chi connectivity index (χ0) is 13.9. The van der Waals surface area contributed by atoms with Crippen LogP contribution in [-0.4, -0.2) is 37.7 Å². The van der Waals surface area contributed by atoms with Crippen molar-refractivity contribution in [1.82, 2.24) is 4.90 Å². The molecule has 0 aromatic heterocycles. The van der Waals surface area contributed by atoms with Gasteiger partial charge in [-0.3, -0.25) is 4.90 Å². The van der Waals surface area contributed by atoms with Gasteiger partial charge in [0.15, 0.2) is 0 Å². The fourth-order valence-corrected chi connectivity index (χ4v) is 3.16. The molecule has 1 aromatic carbocycles. The van der Waals surface area contributed by atoms with E-state index < -0.39 is 0 Å². The Bertz CT molecular complexity index is 443. The zero-order valence-corrected chi connectivity index (χ0v) is 13.5. The van der Waals surface area contributed by atoms with Crippen LogP contribution in [0.3, 0.4) is 0 Å². The van der Waals surface area contributed by atoms with Crippen LogP contribution < -0.4 is 10.5 Å². The maximum atomic E-state index is 5.90. The summed E-state index contributed by atoms with van der Waals surface area (Å²) in [5.41, 5.74) is 6.09. The first-order valence-electron chi connectivity index (χ1n) is 6.53. The molecule has 0 spiro atoms. The fraction of sp³-hybridized carbons (Fsp3) is 0.571. The highest BCUT2D eigenvalue weighted by Gasteiger charge is 2.31. The molecular formula is C14H20BrClN2O. The van der Waals surface area contributed by atoms with E-state index in [0.717, 1.165) is 36.4 Å². The molecule has 3 nitrogen and oxygen atoms in total. The van der Waals surface area contributed by atoms with Crippen molar-refractivity contribution in [3.8, 4) is 5.75 Å². The molecule has 1 saturated heterocycles. The van der Waals surface area contributed by atoms with Gasteiger partial charge in [-0.1, -0.05) is 18.5 Å². The van der Waals surface area contributed by atoms with Crippen molar-refractivity contribution in [2.75, 3.05) is 32.8 Å². The lowest BCUT2D eigenvalue weighted by Crippen LogP contribution is -2.33. The Labute approximate surface area is 128 Å². The Balaban J connectivity index is 1.78. The number of likely N-dealkylation sites (tertiary alicyclic amines) is 1. The highest BCUT2D eigenvalue weighted by molar-refractivity contribution is 9.10. The lowest BCUT2D eigenvalue weighted by Gasteiger charge is -2.22. The molecular weight excluding hydrogens is 328 g/mol. The molecule has 1 aromatic rings. The largest absolute Gasteiger partial charge is 0.491 e. The molecule has 106 valence electrons. The molecule has 2 N–H and O–H groups in total. The minimum Gasteiger partial charge on any atom is -0.491 e. The molecule has 1 unspecified atom stereocenters. The number of benzene rings is 1. The third kappa shape index (κ3) is 4.09. The number of nitrogens with two attached hydrogens (primary N) is 1. The van der Waals surface area contributed by atoms with Crippen molar-refractivity contribution in [1.29, 1.82) is 0 Å². The fourth-order valence-electron chi connectivity index (χ4n) is 2.36. The van der Waals surface area contributed by atoms with Crippen molar-refractivity contribution in [3.05, 3.63) is 27.7 Å². The Morgan fingerprint density at radius 1 is 1.53 bits per heavy atom. The maximum absolute atomic E-state index is 5.90. The van der Waals surface area contributed by atoms with Gasteiger partial charge in [-0.25, -0.2) is 0 Å². The first-order chi connectivity index (χ1) is 9.02. The van der Waals surface area contributed by atoms with Crippen molar-refractivity contribution in [2.45, 2.75) is 13.3 Å². The maximum Gasteiger partial charge on any atom is 0.133 e. The average Bonchev–Trinajstić information content (AvgIpc) is 2.75. The topological polar surface area (TPSA) is 38.5 Å². The van der Waals surface area contributed by atoms with Crippen LogP contribution in [0.1, 0.15) is 13.3 Å². The molecule has 1 atom stereocenters. The lowest BCUT2D eigenvalue weighted by molar-refractivity contribution is 0.219. The first kappa shape index (κ1) is 15.1. The molecule has 1 fully saturated rings. The zero-order valence-electron chi connectivity index (χ0n) is 11.2. The summed E-state index contributed by atoms with van der Waals surface area (Å²) in [6.45, 7) is 6.80. The van der Waals surface area contributed by atoms with Crippen molar-refractivity contribution < 1.29 is 4.74 Å². The second kappa shape index (κ2) is 6.44. The van der Waals surface area contributed by atoms with E-state index >= 15 is 0 Å². The van der Waals surface area contributed by atoms with E-state index in [1.54, 1.807) is 0 Å². The van der Waals surface area contributed by atoms with Gasteiger partial charge in [-0.15, -0.1) is 0 Å². The molecule has 1 aliphatic rings. The van der Waals surface area contributed by atoms with Crippen LogP contribution in [0.25, 0.3) is 0 Å². The van der Waals surface area contributed by atoms with Gasteiger partial charge in [-0.05, 0) is 59.1 Å². The van der Waals surface area contributed by atoms with Gasteiger partial charge in [0.25, 0.3) is 0 Å². The van der Waals surface area contributed by atoms with Gasteiger partial charge in [0.1, 0.15) is 12.4 Å². The van der Waals surface area contributed by atoms with Gasteiger partial charge in [0, 0.05) is 18.1 Å². The predicted octanol–water partition coefficient (Wildman–Crippen LogP) is 3.15. The average molecular weight is 348 g/mol. The van der Waals surface area contributed by atoms with Crippen LogP contribution in [0.5, 0.6) is 5.75 Å². The van der Waals surface area contributed by atoms with Gasteiger partial charge in [-0.2, -0.15) is 0 Å². The lowest BCUT2D eigenvalue weighted by atomic mass is 9.90. The van der Waals surface area contributed by atoms with Crippen LogP contribution in [0.15, 0.2) is 22.7 Å². The van der Waals surface area contributed by atoms with Crippen LogP contribution >= 0.6 is 27.5 Å². The Morgan fingerprint density at radius 2 is 2.32 bits per heavy atom. The Morgan fingerprint density at radius 3 is 2.95 bits per heavy atom. The molecule has 1 heterocycles. The molecule has 1 aliphatic heterocycles. The number of hydrogen-bond acceptors (Lipinski definition) is 3. The summed E-state index contributed by atoms with van der Waals surface area (Å²) in [5.74, 6) is 0.838. The molecule has 0 amide bonds. The van der Waals surface area contributed by atoms with Crippen LogP contribution in [0, 0.1) is 5.41 Å². The summed E-state index contributed by atoms with van der Waals surface area (Å²) in [6, 6.07) is 5.57. The monoisotopic (exact) mass is 346 g/mol. The number of rotatable bonds is 5. The van der Waals surface area contributed by atoms with Gasteiger partial charge < -0.3 is 10.5 Å². The Hall–Kier alpha value is -0.290. The van der Waals surface area contributed by atoms with Gasteiger partial charge in [0.2, 0.25) is 0 Å². The number of ether oxygens (including phenoxy) is 1. The highest BCUT2D eigenvalue weighted by Crippen LogP contribution is 2.29. The van der Waals surface area contributed by atoms with Crippen LogP contribution in [0.4, 0.5) is 0 Å².